The zero-order valence-corrected chi connectivity index (χ0v) is 19.4. The molecule has 9 heteroatoms. The first-order chi connectivity index (χ1) is 16.0. The minimum absolute atomic E-state index is 0.0155. The number of nitrogens with one attached hydrogen (secondary N) is 3. The molecule has 2 aromatic heterocycles. The third-order valence-electron chi connectivity index (χ3n) is 6.78. The predicted octanol–water partition coefficient (Wildman–Crippen LogP) is 3.00. The van der Waals surface area contributed by atoms with E-state index in [0.29, 0.717) is 36.4 Å². The van der Waals surface area contributed by atoms with E-state index in [2.05, 4.69) is 20.8 Å². The van der Waals surface area contributed by atoms with E-state index in [4.69, 9.17) is 0 Å². The van der Waals surface area contributed by atoms with Crippen LogP contribution in [0.1, 0.15) is 62.6 Å². The molecule has 0 spiro atoms. The van der Waals surface area contributed by atoms with Crippen LogP contribution >= 0.6 is 11.3 Å². The molecule has 0 bridgehead atoms. The Morgan fingerprint density at radius 1 is 1.12 bits per heavy atom. The Morgan fingerprint density at radius 2 is 1.94 bits per heavy atom. The summed E-state index contributed by atoms with van der Waals surface area (Å²) in [7, 11) is 1.62. The van der Waals surface area contributed by atoms with Crippen molar-refractivity contribution in [1.29, 1.82) is 0 Å². The minimum Gasteiger partial charge on any atom is -0.354 e. The van der Waals surface area contributed by atoms with E-state index >= 15 is 0 Å². The normalized spacial score (nSPS) is 17.4. The molecule has 2 aliphatic rings. The zero-order chi connectivity index (χ0) is 23.0. The van der Waals surface area contributed by atoms with E-state index < -0.39 is 5.54 Å². The number of aromatic amines is 1. The van der Waals surface area contributed by atoms with Crippen LogP contribution in [0.25, 0.3) is 10.9 Å². The van der Waals surface area contributed by atoms with Gasteiger partial charge in [0.05, 0.1) is 16.6 Å². The first-order valence-electron chi connectivity index (χ1n) is 11.4. The maximum atomic E-state index is 13.8. The lowest BCUT2D eigenvalue weighted by molar-refractivity contribution is -0.140. The number of fused-ring (bicyclic) bond motifs is 2. The Morgan fingerprint density at radius 3 is 2.73 bits per heavy atom. The van der Waals surface area contributed by atoms with Crippen molar-refractivity contribution in [2.24, 2.45) is 0 Å². The third-order valence-corrected chi connectivity index (χ3v) is 8.01. The first-order valence-corrected chi connectivity index (χ1v) is 12.2. The number of aromatic nitrogens is 2. The van der Waals surface area contributed by atoms with Crippen molar-refractivity contribution in [2.45, 2.75) is 50.6 Å². The first kappa shape index (κ1) is 21.6. The Kier molecular flexibility index (Phi) is 5.65. The van der Waals surface area contributed by atoms with Gasteiger partial charge in [-0.3, -0.25) is 19.5 Å². The van der Waals surface area contributed by atoms with Crippen LogP contribution in [0.5, 0.6) is 0 Å². The summed E-state index contributed by atoms with van der Waals surface area (Å²) in [6.07, 6.45) is 6.58. The molecule has 3 aromatic rings. The van der Waals surface area contributed by atoms with Crippen LogP contribution in [-0.4, -0.2) is 52.0 Å². The molecule has 3 heterocycles. The summed E-state index contributed by atoms with van der Waals surface area (Å²) in [4.78, 5) is 42.8. The smallest absolute Gasteiger partial charge is 0.261 e. The quantitative estimate of drug-likeness (QED) is 0.551. The van der Waals surface area contributed by atoms with Gasteiger partial charge in [-0.25, -0.2) is 0 Å². The number of amides is 3. The van der Waals surface area contributed by atoms with Crippen LogP contribution in [-0.2, 0) is 17.8 Å². The van der Waals surface area contributed by atoms with Gasteiger partial charge in [-0.15, -0.1) is 11.3 Å². The fourth-order valence-corrected chi connectivity index (χ4v) is 6.07. The van der Waals surface area contributed by atoms with Crippen LogP contribution in [0.2, 0.25) is 0 Å². The van der Waals surface area contributed by atoms with E-state index in [-0.39, 0.29) is 17.7 Å². The molecule has 3 N–H and O–H groups in total. The fourth-order valence-electron chi connectivity index (χ4n) is 4.97. The van der Waals surface area contributed by atoms with Gasteiger partial charge in [0.15, 0.2) is 0 Å². The van der Waals surface area contributed by atoms with Gasteiger partial charge >= 0.3 is 0 Å². The minimum atomic E-state index is -0.891. The van der Waals surface area contributed by atoms with E-state index in [0.717, 1.165) is 47.0 Å². The topological polar surface area (TPSA) is 107 Å². The van der Waals surface area contributed by atoms with Gasteiger partial charge < -0.3 is 15.5 Å². The predicted molar refractivity (Wildman–Crippen MR) is 126 cm³/mol. The molecule has 0 saturated heterocycles. The Bertz CT molecular complexity index is 1220. The summed E-state index contributed by atoms with van der Waals surface area (Å²) in [5.74, 6) is -0.348. The number of hydrogen-bond donors (Lipinski definition) is 3. The van der Waals surface area contributed by atoms with Crippen molar-refractivity contribution < 1.29 is 14.4 Å². The largest absolute Gasteiger partial charge is 0.354 e. The number of benzene rings is 1. The second kappa shape index (κ2) is 8.62. The number of carbonyl (C=O) groups excluding carboxylic acids is 3. The maximum absolute atomic E-state index is 13.8. The summed E-state index contributed by atoms with van der Waals surface area (Å²) in [6.45, 7) is 1.07. The number of H-pyrrole nitrogens is 1. The van der Waals surface area contributed by atoms with Crippen molar-refractivity contribution in [3.63, 3.8) is 0 Å². The van der Waals surface area contributed by atoms with Gasteiger partial charge in [-0.2, -0.15) is 5.10 Å². The number of hydrogen-bond acceptors (Lipinski definition) is 5. The monoisotopic (exact) mass is 465 g/mol. The van der Waals surface area contributed by atoms with Gasteiger partial charge in [0.2, 0.25) is 5.91 Å². The van der Waals surface area contributed by atoms with Crippen LogP contribution in [0.3, 0.4) is 0 Å². The number of carbonyl (C=O) groups is 3. The molecule has 1 aliphatic carbocycles. The highest BCUT2D eigenvalue weighted by atomic mass is 32.1. The van der Waals surface area contributed by atoms with E-state index in [1.54, 1.807) is 25.4 Å². The molecule has 1 fully saturated rings. The molecule has 0 unspecified atom stereocenters. The molecule has 8 nitrogen and oxygen atoms in total. The lowest BCUT2D eigenvalue weighted by Gasteiger charge is -2.41. The second-order valence-corrected chi connectivity index (χ2v) is 10.0. The molecule has 1 aliphatic heterocycles. The Labute approximate surface area is 195 Å². The summed E-state index contributed by atoms with van der Waals surface area (Å²) < 4.78 is 0. The van der Waals surface area contributed by atoms with Gasteiger partial charge in [-0.1, -0.05) is 19.3 Å². The Hall–Kier alpha value is -3.20. The third kappa shape index (κ3) is 4.01. The average Bonchev–Trinajstić information content (AvgIpc) is 3.49. The summed E-state index contributed by atoms with van der Waals surface area (Å²) >= 11 is 1.50. The van der Waals surface area contributed by atoms with Crippen molar-refractivity contribution in [2.75, 3.05) is 13.6 Å². The standard InChI is InChI=1S/C24H27N5O3S/c1-25-22(31)20-12-17-14-29(10-7-19(17)33-20)23(32)24(8-3-2-4-9-24)27-21(30)15-5-6-18-16(11-15)13-26-28-18/h5-6,11-13H,2-4,7-10,14H2,1H3,(H,25,31)(H,26,28)(H,27,30). The second-order valence-electron chi connectivity index (χ2n) is 8.88. The van der Waals surface area contributed by atoms with Crippen LogP contribution in [0, 0.1) is 0 Å². The fraction of sp³-hybridized carbons (Fsp3) is 0.417. The van der Waals surface area contributed by atoms with E-state index in [1.807, 2.05) is 17.0 Å². The highest BCUT2D eigenvalue weighted by molar-refractivity contribution is 7.14. The van der Waals surface area contributed by atoms with E-state index in [9.17, 15) is 14.4 Å². The SMILES string of the molecule is CNC(=O)c1cc2c(s1)CCN(C(=O)C1(NC(=O)c3ccc4[nH]ncc4c3)CCCCC1)C2. The van der Waals surface area contributed by atoms with Crippen molar-refractivity contribution in [3.05, 3.63) is 51.3 Å². The number of thiophene rings is 1. The molecule has 5 rings (SSSR count). The molecule has 0 atom stereocenters. The molecule has 33 heavy (non-hydrogen) atoms. The van der Waals surface area contributed by atoms with Gasteiger partial charge in [0.1, 0.15) is 5.54 Å². The van der Waals surface area contributed by atoms with Gasteiger partial charge in [-0.05, 0) is 49.1 Å². The molecule has 172 valence electrons. The molecular formula is C24H27N5O3S. The van der Waals surface area contributed by atoms with Crippen molar-refractivity contribution in [3.8, 4) is 0 Å². The lowest BCUT2D eigenvalue weighted by atomic mass is 9.79. The van der Waals surface area contributed by atoms with Crippen LogP contribution < -0.4 is 10.6 Å². The summed E-state index contributed by atoms with van der Waals surface area (Å²) in [5.41, 5.74) is 1.53. The highest BCUT2D eigenvalue weighted by Gasteiger charge is 2.44. The van der Waals surface area contributed by atoms with Crippen LogP contribution in [0.4, 0.5) is 0 Å². The van der Waals surface area contributed by atoms with Crippen molar-refractivity contribution >= 4 is 40.0 Å². The Balaban J connectivity index is 1.37. The maximum Gasteiger partial charge on any atom is 0.261 e. The average molecular weight is 466 g/mol. The highest BCUT2D eigenvalue weighted by Crippen LogP contribution is 2.34. The number of nitrogens with zero attached hydrogens (tertiary/aromatic N) is 2. The summed E-state index contributed by atoms with van der Waals surface area (Å²) in [5, 5.41) is 13.6. The molecule has 1 aromatic carbocycles. The van der Waals surface area contributed by atoms with Crippen molar-refractivity contribution in [1.82, 2.24) is 25.7 Å². The molecule has 0 radical (unpaired) electrons. The number of rotatable bonds is 4. The summed E-state index contributed by atoms with van der Waals surface area (Å²) in [6, 6.07) is 7.29. The molecule has 3 amide bonds. The van der Waals surface area contributed by atoms with Gasteiger partial charge in [0, 0.05) is 36.0 Å². The zero-order valence-electron chi connectivity index (χ0n) is 18.6. The lowest BCUT2D eigenvalue weighted by Crippen LogP contribution is -2.61. The molecule has 1 saturated carbocycles. The van der Waals surface area contributed by atoms with E-state index in [1.165, 1.54) is 11.3 Å². The van der Waals surface area contributed by atoms with Crippen LogP contribution in [0.15, 0.2) is 30.5 Å². The van der Waals surface area contributed by atoms with Gasteiger partial charge in [0.25, 0.3) is 11.8 Å². The molecular weight excluding hydrogens is 438 g/mol.